The second kappa shape index (κ2) is 9.13. The van der Waals surface area contributed by atoms with Gasteiger partial charge in [-0.1, -0.05) is 25.1 Å². The average Bonchev–Trinajstić information content (AvgIpc) is 2.47. The molecule has 0 atom stereocenters. The van der Waals surface area contributed by atoms with E-state index < -0.39 is 0 Å². The number of hydrogen-bond donors (Lipinski definition) is 0. The molecule has 0 spiro atoms. The first kappa shape index (κ1) is 17.2. The lowest BCUT2D eigenvalue weighted by molar-refractivity contribution is -0.144. The Morgan fingerprint density at radius 2 is 1.76 bits per heavy atom. The molecule has 0 N–H and O–H groups in total. The highest BCUT2D eigenvalue weighted by molar-refractivity contribution is 5.94. The van der Waals surface area contributed by atoms with Crippen LogP contribution >= 0.6 is 0 Å². The van der Waals surface area contributed by atoms with Crippen molar-refractivity contribution in [2.24, 2.45) is 0 Å². The van der Waals surface area contributed by atoms with Crippen molar-refractivity contribution in [1.29, 1.82) is 0 Å². The molecule has 21 heavy (non-hydrogen) atoms. The van der Waals surface area contributed by atoms with E-state index >= 15 is 0 Å². The molecule has 0 bridgehead atoms. The summed E-state index contributed by atoms with van der Waals surface area (Å²) in [6, 6.07) is 9.45. The standard InChI is InChI=1S/C16H24N2O3/c1-4-11-18(13-16(20)21-5-2)12-15(19)17(3)14-9-7-6-8-10-14/h6-10H,4-5,11-13H2,1-3H3. The number of carbonyl (C=O) groups excluding carboxylic acids is 2. The maximum absolute atomic E-state index is 12.3. The first-order chi connectivity index (χ1) is 10.1. The molecule has 0 aliphatic rings. The highest BCUT2D eigenvalue weighted by Gasteiger charge is 2.17. The van der Waals surface area contributed by atoms with Crippen LogP contribution in [0.2, 0.25) is 0 Å². The topological polar surface area (TPSA) is 49.9 Å². The molecular weight excluding hydrogens is 268 g/mol. The smallest absolute Gasteiger partial charge is 0.320 e. The molecule has 0 fully saturated rings. The van der Waals surface area contributed by atoms with Gasteiger partial charge in [-0.25, -0.2) is 0 Å². The number of carbonyl (C=O) groups is 2. The number of rotatable bonds is 8. The van der Waals surface area contributed by atoms with E-state index in [1.54, 1.807) is 18.9 Å². The van der Waals surface area contributed by atoms with Crippen LogP contribution in [0.5, 0.6) is 0 Å². The van der Waals surface area contributed by atoms with Crippen LogP contribution in [0.4, 0.5) is 5.69 Å². The third kappa shape index (κ3) is 5.95. The number of ether oxygens (including phenoxy) is 1. The molecule has 116 valence electrons. The molecule has 0 aliphatic heterocycles. The van der Waals surface area contributed by atoms with Gasteiger partial charge in [0.2, 0.25) is 5.91 Å². The predicted molar refractivity (Wildman–Crippen MR) is 83.2 cm³/mol. The minimum absolute atomic E-state index is 0.0426. The summed E-state index contributed by atoms with van der Waals surface area (Å²) in [6.45, 7) is 5.19. The van der Waals surface area contributed by atoms with Crippen molar-refractivity contribution >= 4 is 17.6 Å². The van der Waals surface area contributed by atoms with Crippen LogP contribution in [-0.2, 0) is 14.3 Å². The van der Waals surface area contributed by atoms with E-state index in [-0.39, 0.29) is 25.0 Å². The van der Waals surface area contributed by atoms with Gasteiger partial charge in [0.1, 0.15) is 0 Å². The molecule has 0 saturated heterocycles. The van der Waals surface area contributed by atoms with Gasteiger partial charge in [-0.3, -0.25) is 14.5 Å². The summed E-state index contributed by atoms with van der Waals surface area (Å²) in [6.07, 6.45) is 0.877. The highest BCUT2D eigenvalue weighted by Crippen LogP contribution is 2.11. The number of hydrogen-bond acceptors (Lipinski definition) is 4. The molecule has 1 aromatic rings. The lowest BCUT2D eigenvalue weighted by Gasteiger charge is -2.24. The van der Waals surface area contributed by atoms with Gasteiger partial charge < -0.3 is 9.64 Å². The molecule has 1 rings (SSSR count). The molecule has 0 aromatic heterocycles. The molecule has 0 aliphatic carbocycles. The maximum atomic E-state index is 12.3. The summed E-state index contributed by atoms with van der Waals surface area (Å²) in [4.78, 5) is 27.3. The van der Waals surface area contributed by atoms with Crippen LogP contribution in [0.15, 0.2) is 30.3 Å². The fourth-order valence-electron chi connectivity index (χ4n) is 2.01. The Hall–Kier alpha value is -1.88. The Labute approximate surface area is 126 Å². The molecule has 0 heterocycles. The van der Waals surface area contributed by atoms with Crippen LogP contribution in [-0.4, -0.2) is 50.1 Å². The Morgan fingerprint density at radius 3 is 2.33 bits per heavy atom. The van der Waals surface area contributed by atoms with Gasteiger partial charge in [0.15, 0.2) is 0 Å². The number of benzene rings is 1. The second-order valence-electron chi connectivity index (χ2n) is 4.80. The molecule has 0 saturated carbocycles. The summed E-state index contributed by atoms with van der Waals surface area (Å²) in [7, 11) is 1.74. The number of amides is 1. The van der Waals surface area contributed by atoms with Crippen LogP contribution in [0.25, 0.3) is 0 Å². The quantitative estimate of drug-likeness (QED) is 0.687. The normalized spacial score (nSPS) is 10.5. The fraction of sp³-hybridized carbons (Fsp3) is 0.500. The number of esters is 1. The van der Waals surface area contributed by atoms with Crippen molar-refractivity contribution < 1.29 is 14.3 Å². The summed E-state index contributed by atoms with van der Waals surface area (Å²) in [5.41, 5.74) is 0.843. The van der Waals surface area contributed by atoms with Gasteiger partial charge >= 0.3 is 5.97 Å². The fourth-order valence-corrected chi connectivity index (χ4v) is 2.01. The number of anilines is 1. The van der Waals surface area contributed by atoms with E-state index in [1.165, 1.54) is 0 Å². The minimum Gasteiger partial charge on any atom is -0.465 e. The van der Waals surface area contributed by atoms with Crippen molar-refractivity contribution in [2.75, 3.05) is 38.2 Å². The zero-order valence-corrected chi connectivity index (χ0v) is 13.0. The maximum Gasteiger partial charge on any atom is 0.320 e. The third-order valence-electron chi connectivity index (χ3n) is 3.07. The minimum atomic E-state index is -0.291. The van der Waals surface area contributed by atoms with E-state index in [0.717, 1.165) is 12.1 Å². The van der Waals surface area contributed by atoms with Gasteiger partial charge in [-0.15, -0.1) is 0 Å². The van der Waals surface area contributed by atoms with Gasteiger partial charge in [0, 0.05) is 12.7 Å². The number of para-hydroxylation sites is 1. The van der Waals surface area contributed by atoms with Crippen molar-refractivity contribution in [3.05, 3.63) is 30.3 Å². The van der Waals surface area contributed by atoms with Crippen LogP contribution in [0.1, 0.15) is 20.3 Å². The third-order valence-corrected chi connectivity index (χ3v) is 3.07. The van der Waals surface area contributed by atoms with Crippen molar-refractivity contribution in [3.8, 4) is 0 Å². The largest absolute Gasteiger partial charge is 0.465 e. The summed E-state index contributed by atoms with van der Waals surface area (Å²) < 4.78 is 4.94. The zero-order valence-electron chi connectivity index (χ0n) is 13.0. The molecule has 0 unspecified atom stereocenters. The first-order valence-corrected chi connectivity index (χ1v) is 7.28. The lowest BCUT2D eigenvalue weighted by Crippen LogP contribution is -2.41. The Morgan fingerprint density at radius 1 is 1.10 bits per heavy atom. The van der Waals surface area contributed by atoms with Crippen LogP contribution < -0.4 is 4.90 Å². The van der Waals surface area contributed by atoms with E-state index in [2.05, 4.69) is 0 Å². The number of likely N-dealkylation sites (N-methyl/N-ethyl adjacent to an activating group) is 1. The second-order valence-corrected chi connectivity index (χ2v) is 4.80. The van der Waals surface area contributed by atoms with E-state index in [1.807, 2.05) is 42.2 Å². The van der Waals surface area contributed by atoms with Gasteiger partial charge in [0.05, 0.1) is 19.7 Å². The van der Waals surface area contributed by atoms with Crippen molar-refractivity contribution in [2.45, 2.75) is 20.3 Å². The highest BCUT2D eigenvalue weighted by atomic mass is 16.5. The van der Waals surface area contributed by atoms with Crippen LogP contribution in [0, 0.1) is 0 Å². The average molecular weight is 292 g/mol. The molecule has 5 nitrogen and oxygen atoms in total. The van der Waals surface area contributed by atoms with Crippen molar-refractivity contribution in [1.82, 2.24) is 4.90 Å². The van der Waals surface area contributed by atoms with Gasteiger partial charge in [0.25, 0.3) is 0 Å². The number of nitrogens with zero attached hydrogens (tertiary/aromatic N) is 2. The molecule has 0 radical (unpaired) electrons. The summed E-state index contributed by atoms with van der Waals surface area (Å²) in [5, 5.41) is 0. The van der Waals surface area contributed by atoms with E-state index in [9.17, 15) is 9.59 Å². The van der Waals surface area contributed by atoms with Crippen LogP contribution in [0.3, 0.4) is 0 Å². The lowest BCUT2D eigenvalue weighted by atomic mass is 10.3. The Bertz CT molecular complexity index is 448. The predicted octanol–water partition coefficient (Wildman–Crippen LogP) is 1.92. The summed E-state index contributed by atoms with van der Waals surface area (Å²) in [5.74, 6) is -0.333. The van der Waals surface area contributed by atoms with Crippen molar-refractivity contribution in [3.63, 3.8) is 0 Å². The Kier molecular flexibility index (Phi) is 7.46. The monoisotopic (exact) mass is 292 g/mol. The first-order valence-electron chi connectivity index (χ1n) is 7.28. The van der Waals surface area contributed by atoms with E-state index in [0.29, 0.717) is 13.2 Å². The van der Waals surface area contributed by atoms with Gasteiger partial charge in [-0.2, -0.15) is 0 Å². The van der Waals surface area contributed by atoms with Gasteiger partial charge in [-0.05, 0) is 32.0 Å². The molecule has 1 amide bonds. The van der Waals surface area contributed by atoms with E-state index in [4.69, 9.17) is 4.74 Å². The molecule has 1 aromatic carbocycles. The Balaban J connectivity index is 2.61. The zero-order chi connectivity index (χ0) is 15.7. The molecule has 5 heteroatoms. The SMILES string of the molecule is CCCN(CC(=O)OCC)CC(=O)N(C)c1ccccc1. The molecular formula is C16H24N2O3. The summed E-state index contributed by atoms with van der Waals surface area (Å²) >= 11 is 0.